The second kappa shape index (κ2) is 5.35. The summed E-state index contributed by atoms with van der Waals surface area (Å²) in [7, 11) is 0. The van der Waals surface area contributed by atoms with Gasteiger partial charge >= 0.3 is 5.97 Å². The standard InChI is InChI=1S/C16H10N2O2S/c17-9-11(16(19)20)7-10-5-6-13-15(8-10)21-14-4-2-1-3-12(14)18-13/h1-8,18H,(H,19,20)/b11-7+. The lowest BCUT2D eigenvalue weighted by Crippen LogP contribution is -2.00. The van der Waals surface area contributed by atoms with Crippen LogP contribution in [0.3, 0.4) is 0 Å². The predicted molar refractivity (Wildman–Crippen MR) is 81.5 cm³/mol. The number of carboxylic acid groups (broad SMARTS) is 1. The summed E-state index contributed by atoms with van der Waals surface area (Å²) in [4.78, 5) is 13.0. The normalized spacial score (nSPS) is 12.6. The van der Waals surface area contributed by atoms with Gasteiger partial charge in [0.05, 0.1) is 11.4 Å². The Morgan fingerprint density at radius 1 is 1.19 bits per heavy atom. The topological polar surface area (TPSA) is 73.1 Å². The van der Waals surface area contributed by atoms with Crippen molar-refractivity contribution in [2.75, 3.05) is 5.32 Å². The molecule has 0 bridgehead atoms. The van der Waals surface area contributed by atoms with Gasteiger partial charge in [-0.05, 0) is 35.9 Å². The molecule has 2 aromatic carbocycles. The minimum absolute atomic E-state index is 0.274. The minimum atomic E-state index is -1.22. The molecule has 0 saturated carbocycles. The van der Waals surface area contributed by atoms with E-state index in [1.54, 1.807) is 23.9 Å². The number of carbonyl (C=O) groups is 1. The molecule has 0 amide bonds. The van der Waals surface area contributed by atoms with Crippen LogP contribution in [0.1, 0.15) is 5.56 Å². The average Bonchev–Trinajstić information content (AvgIpc) is 2.50. The number of benzene rings is 2. The molecule has 2 N–H and O–H groups in total. The van der Waals surface area contributed by atoms with E-state index in [1.807, 2.05) is 36.4 Å². The molecule has 2 aromatic rings. The van der Waals surface area contributed by atoms with Gasteiger partial charge in [0.2, 0.25) is 0 Å². The highest BCUT2D eigenvalue weighted by atomic mass is 32.2. The number of hydrogen-bond donors (Lipinski definition) is 2. The fraction of sp³-hybridized carbons (Fsp3) is 0. The molecule has 0 saturated heterocycles. The summed E-state index contributed by atoms with van der Waals surface area (Å²) in [5, 5.41) is 21.0. The van der Waals surface area contributed by atoms with Crippen LogP contribution < -0.4 is 5.32 Å². The molecule has 0 aliphatic carbocycles. The van der Waals surface area contributed by atoms with Crippen LogP contribution >= 0.6 is 11.8 Å². The Hall–Kier alpha value is -2.71. The zero-order valence-electron chi connectivity index (χ0n) is 10.8. The molecule has 1 aliphatic rings. The Labute approximate surface area is 125 Å². The van der Waals surface area contributed by atoms with Crippen molar-refractivity contribution in [3.05, 3.63) is 53.6 Å². The first kappa shape index (κ1) is 13.3. The molecule has 102 valence electrons. The number of nitriles is 1. The molecule has 0 radical (unpaired) electrons. The molecule has 1 heterocycles. The van der Waals surface area contributed by atoms with Gasteiger partial charge in [-0.1, -0.05) is 30.0 Å². The smallest absolute Gasteiger partial charge is 0.346 e. The number of carboxylic acids is 1. The molecule has 4 nitrogen and oxygen atoms in total. The number of para-hydroxylation sites is 1. The van der Waals surface area contributed by atoms with Gasteiger partial charge in [0.1, 0.15) is 11.6 Å². The van der Waals surface area contributed by atoms with Gasteiger partial charge in [-0.2, -0.15) is 5.26 Å². The first-order chi connectivity index (χ1) is 10.2. The molecule has 0 spiro atoms. The summed E-state index contributed by atoms with van der Waals surface area (Å²) in [6, 6.07) is 15.2. The van der Waals surface area contributed by atoms with Gasteiger partial charge in [0.15, 0.2) is 0 Å². The van der Waals surface area contributed by atoms with Crippen molar-refractivity contribution < 1.29 is 9.90 Å². The number of fused-ring (bicyclic) bond motifs is 2. The second-order valence-corrected chi connectivity index (χ2v) is 5.54. The van der Waals surface area contributed by atoms with Crippen LogP contribution in [0.25, 0.3) is 6.08 Å². The summed E-state index contributed by atoms with van der Waals surface area (Å²) in [5.41, 5.74) is 2.46. The molecule has 1 aliphatic heterocycles. The third-order valence-corrected chi connectivity index (χ3v) is 4.18. The number of hydrogen-bond acceptors (Lipinski definition) is 4. The third-order valence-electron chi connectivity index (χ3n) is 3.04. The van der Waals surface area contributed by atoms with E-state index in [2.05, 4.69) is 5.32 Å². The van der Waals surface area contributed by atoms with Gasteiger partial charge in [-0.3, -0.25) is 0 Å². The predicted octanol–water partition coefficient (Wildman–Crippen LogP) is 3.89. The van der Waals surface area contributed by atoms with Crippen molar-refractivity contribution in [1.82, 2.24) is 0 Å². The number of nitrogens with zero attached hydrogens (tertiary/aromatic N) is 1. The van der Waals surface area contributed by atoms with Crippen molar-refractivity contribution in [2.24, 2.45) is 0 Å². The Morgan fingerprint density at radius 3 is 2.71 bits per heavy atom. The Morgan fingerprint density at radius 2 is 1.95 bits per heavy atom. The molecule has 21 heavy (non-hydrogen) atoms. The van der Waals surface area contributed by atoms with Gasteiger partial charge in [0, 0.05) is 9.79 Å². The van der Waals surface area contributed by atoms with E-state index in [-0.39, 0.29) is 5.57 Å². The molecule has 0 atom stereocenters. The van der Waals surface area contributed by atoms with E-state index in [0.29, 0.717) is 5.56 Å². The zero-order valence-corrected chi connectivity index (χ0v) is 11.6. The van der Waals surface area contributed by atoms with Crippen LogP contribution in [0.4, 0.5) is 11.4 Å². The number of anilines is 2. The molecular weight excluding hydrogens is 284 g/mol. The van der Waals surface area contributed by atoms with E-state index in [9.17, 15) is 4.79 Å². The van der Waals surface area contributed by atoms with Crippen molar-refractivity contribution in [1.29, 1.82) is 5.26 Å². The summed E-state index contributed by atoms with van der Waals surface area (Å²) in [6.45, 7) is 0. The quantitative estimate of drug-likeness (QED) is 0.554. The third kappa shape index (κ3) is 2.62. The van der Waals surface area contributed by atoms with E-state index >= 15 is 0 Å². The first-order valence-electron chi connectivity index (χ1n) is 6.20. The molecule has 3 rings (SSSR count). The van der Waals surface area contributed by atoms with Gasteiger partial charge in [-0.25, -0.2) is 4.79 Å². The number of nitrogens with one attached hydrogen (secondary N) is 1. The maximum absolute atomic E-state index is 10.9. The van der Waals surface area contributed by atoms with Gasteiger partial charge in [0.25, 0.3) is 0 Å². The summed E-state index contributed by atoms with van der Waals surface area (Å²) in [6.07, 6.45) is 1.38. The van der Waals surface area contributed by atoms with Crippen LogP contribution in [0.15, 0.2) is 57.8 Å². The lowest BCUT2D eigenvalue weighted by atomic mass is 10.1. The maximum atomic E-state index is 10.9. The highest BCUT2D eigenvalue weighted by Crippen LogP contribution is 2.44. The largest absolute Gasteiger partial charge is 0.477 e. The van der Waals surface area contributed by atoms with Crippen molar-refractivity contribution in [3.8, 4) is 6.07 Å². The van der Waals surface area contributed by atoms with Gasteiger partial charge < -0.3 is 10.4 Å². The minimum Gasteiger partial charge on any atom is -0.477 e. The SMILES string of the molecule is N#C/C(=C\c1ccc2c(c1)Sc1ccccc1N2)C(=O)O. The van der Waals surface area contributed by atoms with Crippen LogP contribution in [-0.4, -0.2) is 11.1 Å². The number of rotatable bonds is 2. The van der Waals surface area contributed by atoms with E-state index in [0.717, 1.165) is 21.2 Å². The zero-order chi connectivity index (χ0) is 14.8. The fourth-order valence-electron chi connectivity index (χ4n) is 2.05. The Balaban J connectivity index is 1.98. The molecule has 0 unspecified atom stereocenters. The highest BCUT2D eigenvalue weighted by Gasteiger charge is 2.15. The lowest BCUT2D eigenvalue weighted by Gasteiger charge is -2.20. The Bertz CT molecular complexity index is 806. The van der Waals surface area contributed by atoms with Crippen molar-refractivity contribution in [3.63, 3.8) is 0 Å². The van der Waals surface area contributed by atoms with Crippen LogP contribution in [-0.2, 0) is 4.79 Å². The molecular formula is C16H10N2O2S. The van der Waals surface area contributed by atoms with Crippen LogP contribution in [0.2, 0.25) is 0 Å². The van der Waals surface area contributed by atoms with Crippen LogP contribution in [0.5, 0.6) is 0 Å². The first-order valence-corrected chi connectivity index (χ1v) is 7.02. The average molecular weight is 294 g/mol. The number of aliphatic carboxylic acids is 1. The second-order valence-electron chi connectivity index (χ2n) is 4.45. The van der Waals surface area contributed by atoms with E-state index < -0.39 is 5.97 Å². The van der Waals surface area contributed by atoms with E-state index in [1.165, 1.54) is 6.08 Å². The van der Waals surface area contributed by atoms with Crippen molar-refractivity contribution >= 4 is 35.2 Å². The molecule has 5 heteroatoms. The monoisotopic (exact) mass is 294 g/mol. The molecule has 0 fully saturated rings. The van der Waals surface area contributed by atoms with E-state index in [4.69, 9.17) is 10.4 Å². The molecule has 0 aromatic heterocycles. The Kier molecular flexibility index (Phi) is 3.38. The highest BCUT2D eigenvalue weighted by molar-refractivity contribution is 7.99. The summed E-state index contributed by atoms with van der Waals surface area (Å²) >= 11 is 1.62. The lowest BCUT2D eigenvalue weighted by molar-refractivity contribution is -0.132. The van der Waals surface area contributed by atoms with Crippen LogP contribution in [0, 0.1) is 11.3 Å². The van der Waals surface area contributed by atoms with Crippen molar-refractivity contribution in [2.45, 2.75) is 9.79 Å². The fourth-order valence-corrected chi connectivity index (χ4v) is 3.08. The van der Waals surface area contributed by atoms with Gasteiger partial charge in [-0.15, -0.1) is 0 Å². The maximum Gasteiger partial charge on any atom is 0.346 e. The summed E-state index contributed by atoms with van der Waals surface area (Å²) < 4.78 is 0. The summed E-state index contributed by atoms with van der Waals surface area (Å²) in [5.74, 6) is -1.22.